The molecule has 0 saturated carbocycles. The largest absolute Gasteiger partial charge is 0.292 e. The first-order valence-electron chi connectivity index (χ1n) is 14.8. The highest BCUT2D eigenvalue weighted by molar-refractivity contribution is 6.27. The average molecular weight is 510 g/mol. The molecule has 4 aromatic rings. The molecule has 2 amide bonds. The summed E-state index contributed by atoms with van der Waals surface area (Å²) in [5.41, 5.74) is 0.564. The van der Waals surface area contributed by atoms with Crippen LogP contribution in [0.5, 0.6) is 0 Å². The van der Waals surface area contributed by atoms with Crippen LogP contribution >= 0.6 is 0 Å². The summed E-state index contributed by atoms with van der Waals surface area (Å²) in [4.78, 5) is 25.5. The molecule has 0 spiro atoms. The number of carbonyl (C=O) groups is 2. The predicted octanol–water partition coefficient (Wildman–Crippen LogP) is 9.88. The molecule has 4 aromatic carbocycles. The van der Waals surface area contributed by atoms with Gasteiger partial charge < -0.3 is 0 Å². The first-order chi connectivity index (χ1) is 18.7. The van der Waals surface area contributed by atoms with Crippen LogP contribution in [0.4, 0.5) is 0 Å². The van der Waals surface area contributed by atoms with E-state index in [9.17, 15) is 9.59 Å². The molecule has 0 aliphatic carbocycles. The summed E-state index contributed by atoms with van der Waals surface area (Å²) < 4.78 is 0. The first kappa shape index (κ1) is 27.8. The van der Waals surface area contributed by atoms with Gasteiger partial charge in [0.15, 0.2) is 0 Å². The van der Waals surface area contributed by atoms with Crippen molar-refractivity contribution in [3.8, 4) is 0 Å². The van der Waals surface area contributed by atoms with Crippen LogP contribution in [0.1, 0.15) is 107 Å². The lowest BCUT2D eigenvalue weighted by atomic mass is 9.92. The molecule has 200 valence electrons. The van der Waals surface area contributed by atoms with Crippen LogP contribution in [-0.2, 0) is 4.79 Å². The van der Waals surface area contributed by atoms with Gasteiger partial charge in [-0.25, -0.2) is 0 Å². The first-order valence-corrected chi connectivity index (χ1v) is 14.8. The van der Waals surface area contributed by atoms with Gasteiger partial charge in [0.2, 0.25) is 5.91 Å². The Kier molecular flexibility index (Phi) is 10.7. The van der Waals surface area contributed by atoms with Crippen LogP contribution in [0, 0.1) is 0 Å². The maximum Gasteiger partial charge on any atom is 0.258 e. The molecule has 0 bridgehead atoms. The van der Waals surface area contributed by atoms with Gasteiger partial charge in [-0.1, -0.05) is 119 Å². The van der Waals surface area contributed by atoms with E-state index in [1.54, 1.807) is 0 Å². The minimum Gasteiger partial charge on any atom is -0.292 e. The van der Waals surface area contributed by atoms with Gasteiger partial charge in [-0.15, -0.1) is 0 Å². The van der Waals surface area contributed by atoms with Crippen LogP contribution in [0.2, 0.25) is 0 Å². The van der Waals surface area contributed by atoms with Gasteiger partial charge in [-0.3, -0.25) is 14.9 Å². The minimum absolute atomic E-state index is 0.182. The highest BCUT2D eigenvalue weighted by atomic mass is 16.2. The molecule has 0 aromatic heterocycles. The normalized spacial score (nSPS) is 11.8. The van der Waals surface area contributed by atoms with Crippen molar-refractivity contribution >= 4 is 44.1 Å². The molecule has 3 nitrogen and oxygen atoms in total. The molecule has 0 unspecified atom stereocenters. The van der Waals surface area contributed by atoms with E-state index >= 15 is 0 Å². The Hall–Kier alpha value is -3.20. The molecular weight excluding hydrogens is 466 g/mol. The van der Waals surface area contributed by atoms with E-state index in [2.05, 4.69) is 60.8 Å². The Labute approximate surface area is 228 Å². The summed E-state index contributed by atoms with van der Waals surface area (Å²) in [7, 11) is 0. The van der Waals surface area contributed by atoms with Crippen LogP contribution in [0.25, 0.3) is 32.3 Å². The van der Waals surface area contributed by atoms with Crippen molar-refractivity contribution in [2.45, 2.75) is 96.8 Å². The Morgan fingerprint density at radius 2 is 1.18 bits per heavy atom. The summed E-state index contributed by atoms with van der Waals surface area (Å²) >= 11 is 0. The number of amides is 2. The standard InChI is InChI=1S/C35H43NO2/c1-2-3-4-5-6-7-8-9-10-11-12-13-14-15-16-20-32(37)36-35(38)31-26-24-29-22-21-27-18-17-19-28-23-25-30(31)34(29)33(27)28/h9-10,17-19,21-26H,2-8,11-16,20H2,1H3,(H,36,37,38). The number of nitrogens with one attached hydrogen (secondary N) is 1. The number of hydrogen-bond donors (Lipinski definition) is 1. The number of allylic oxidation sites excluding steroid dienone is 2. The molecule has 0 radical (unpaired) electrons. The molecule has 0 heterocycles. The SMILES string of the molecule is CCCCCCCCC=CCCCCCCCC(=O)NC(=O)c1ccc2ccc3cccc4ccc1c2c34. The van der Waals surface area contributed by atoms with Gasteiger partial charge in [-0.2, -0.15) is 0 Å². The van der Waals surface area contributed by atoms with E-state index in [0.717, 1.165) is 41.8 Å². The van der Waals surface area contributed by atoms with Crippen LogP contribution in [0.3, 0.4) is 0 Å². The zero-order chi connectivity index (χ0) is 26.6. The predicted molar refractivity (Wildman–Crippen MR) is 162 cm³/mol. The highest BCUT2D eigenvalue weighted by Gasteiger charge is 2.16. The van der Waals surface area contributed by atoms with E-state index in [1.165, 1.54) is 73.9 Å². The molecule has 0 atom stereocenters. The van der Waals surface area contributed by atoms with Gasteiger partial charge in [0, 0.05) is 12.0 Å². The molecule has 4 rings (SSSR count). The number of benzene rings is 4. The fraction of sp³-hybridized carbons (Fsp3) is 0.429. The molecule has 0 aliphatic heterocycles. The maximum atomic E-state index is 13.0. The van der Waals surface area contributed by atoms with E-state index in [0.29, 0.717) is 12.0 Å². The number of unbranched alkanes of at least 4 members (excludes halogenated alkanes) is 11. The summed E-state index contributed by atoms with van der Waals surface area (Å²) in [5, 5.41) is 9.25. The quantitative estimate of drug-likeness (QED) is 0.0928. The van der Waals surface area contributed by atoms with Crippen molar-refractivity contribution in [3.05, 3.63) is 72.3 Å². The third kappa shape index (κ3) is 7.43. The Bertz CT molecular complexity index is 1340. The third-order valence-electron chi connectivity index (χ3n) is 7.69. The van der Waals surface area contributed by atoms with Crippen LogP contribution < -0.4 is 5.32 Å². The van der Waals surface area contributed by atoms with Crippen molar-refractivity contribution in [2.24, 2.45) is 0 Å². The monoisotopic (exact) mass is 509 g/mol. The van der Waals surface area contributed by atoms with Crippen LogP contribution in [0.15, 0.2) is 66.7 Å². The molecule has 38 heavy (non-hydrogen) atoms. The maximum absolute atomic E-state index is 13.0. The fourth-order valence-corrected chi connectivity index (χ4v) is 5.55. The molecular formula is C35H43NO2. The van der Waals surface area contributed by atoms with Crippen molar-refractivity contribution < 1.29 is 9.59 Å². The van der Waals surface area contributed by atoms with E-state index in [4.69, 9.17) is 0 Å². The van der Waals surface area contributed by atoms with Crippen molar-refractivity contribution in [1.82, 2.24) is 5.32 Å². The second kappa shape index (κ2) is 14.7. The lowest BCUT2D eigenvalue weighted by Gasteiger charge is -2.13. The fourth-order valence-electron chi connectivity index (χ4n) is 5.55. The summed E-state index contributed by atoms with van der Waals surface area (Å²) in [6.07, 6.45) is 21.0. The smallest absolute Gasteiger partial charge is 0.258 e. The number of carbonyl (C=O) groups excluding carboxylic acids is 2. The lowest BCUT2D eigenvalue weighted by molar-refractivity contribution is -0.120. The van der Waals surface area contributed by atoms with Gasteiger partial charge in [0.1, 0.15) is 0 Å². The van der Waals surface area contributed by atoms with Crippen molar-refractivity contribution in [1.29, 1.82) is 0 Å². The topological polar surface area (TPSA) is 46.2 Å². The summed E-state index contributed by atoms with van der Waals surface area (Å²) in [5.74, 6) is -0.487. The van der Waals surface area contributed by atoms with Gasteiger partial charge in [0.05, 0.1) is 0 Å². The summed E-state index contributed by atoms with van der Waals surface area (Å²) in [6, 6.07) is 18.4. The molecule has 0 aliphatic rings. The number of imide groups is 1. The van der Waals surface area contributed by atoms with Gasteiger partial charge in [0.25, 0.3) is 5.91 Å². The lowest BCUT2D eigenvalue weighted by Crippen LogP contribution is -2.30. The summed E-state index contributed by atoms with van der Waals surface area (Å²) in [6.45, 7) is 2.26. The van der Waals surface area contributed by atoms with E-state index in [-0.39, 0.29) is 11.8 Å². The van der Waals surface area contributed by atoms with E-state index < -0.39 is 0 Å². The average Bonchev–Trinajstić information content (AvgIpc) is 2.93. The second-order valence-corrected chi connectivity index (χ2v) is 10.7. The van der Waals surface area contributed by atoms with Crippen LogP contribution in [-0.4, -0.2) is 11.8 Å². The zero-order valence-electron chi connectivity index (χ0n) is 23.1. The Morgan fingerprint density at radius 3 is 1.87 bits per heavy atom. The van der Waals surface area contributed by atoms with Crippen molar-refractivity contribution in [2.75, 3.05) is 0 Å². The number of rotatable bonds is 16. The molecule has 0 saturated heterocycles. The number of hydrogen-bond acceptors (Lipinski definition) is 2. The highest BCUT2D eigenvalue weighted by Crippen LogP contribution is 2.35. The minimum atomic E-state index is -0.305. The van der Waals surface area contributed by atoms with Gasteiger partial charge in [-0.05, 0) is 70.5 Å². The molecule has 3 heteroatoms. The molecule has 0 fully saturated rings. The second-order valence-electron chi connectivity index (χ2n) is 10.7. The zero-order valence-corrected chi connectivity index (χ0v) is 23.1. The van der Waals surface area contributed by atoms with E-state index in [1.807, 2.05) is 18.2 Å². The molecule has 1 N–H and O–H groups in total. The Morgan fingerprint density at radius 1 is 0.632 bits per heavy atom. The third-order valence-corrected chi connectivity index (χ3v) is 7.69. The van der Waals surface area contributed by atoms with Crippen molar-refractivity contribution in [3.63, 3.8) is 0 Å². The Balaban J connectivity index is 1.14. The van der Waals surface area contributed by atoms with Gasteiger partial charge >= 0.3 is 0 Å².